The number of ketones is 1. The predicted octanol–water partition coefficient (Wildman–Crippen LogP) is 3.42. The lowest BCUT2D eigenvalue weighted by molar-refractivity contribution is 0.0523. The summed E-state index contributed by atoms with van der Waals surface area (Å²) in [4.78, 5) is 24.7. The van der Waals surface area contributed by atoms with Crippen LogP contribution in [0, 0.1) is 13.8 Å². The van der Waals surface area contributed by atoms with E-state index in [-0.39, 0.29) is 23.7 Å². The van der Waals surface area contributed by atoms with Crippen LogP contribution in [0.5, 0.6) is 5.75 Å². The number of benzene rings is 2. The zero-order valence-corrected chi connectivity index (χ0v) is 12.8. The Morgan fingerprint density at radius 2 is 1.59 bits per heavy atom. The minimum atomic E-state index is -0.515. The van der Waals surface area contributed by atoms with E-state index in [4.69, 9.17) is 4.74 Å². The van der Waals surface area contributed by atoms with E-state index >= 15 is 0 Å². The highest BCUT2D eigenvalue weighted by molar-refractivity contribution is 6.14. The lowest BCUT2D eigenvalue weighted by Gasteiger charge is -2.10. The smallest absolute Gasteiger partial charge is 0.338 e. The van der Waals surface area contributed by atoms with Gasteiger partial charge in [-0.25, -0.2) is 4.79 Å². The van der Waals surface area contributed by atoms with Crippen molar-refractivity contribution in [2.75, 3.05) is 6.61 Å². The van der Waals surface area contributed by atoms with Crippen LogP contribution in [0.15, 0.2) is 36.4 Å². The summed E-state index contributed by atoms with van der Waals surface area (Å²) in [5.74, 6) is -0.608. The summed E-state index contributed by atoms with van der Waals surface area (Å²) in [5, 5.41) is 9.81. The molecule has 0 amide bonds. The maximum Gasteiger partial charge on any atom is 0.338 e. The fourth-order valence-corrected chi connectivity index (χ4v) is 2.31. The van der Waals surface area contributed by atoms with Gasteiger partial charge >= 0.3 is 5.97 Å². The van der Waals surface area contributed by atoms with Crippen LogP contribution in [0.4, 0.5) is 0 Å². The van der Waals surface area contributed by atoms with Crippen LogP contribution in [0.25, 0.3) is 0 Å². The third-order valence-electron chi connectivity index (χ3n) is 3.42. The number of hydrogen-bond acceptors (Lipinski definition) is 4. The second-order valence-electron chi connectivity index (χ2n) is 5.05. The van der Waals surface area contributed by atoms with E-state index in [0.717, 1.165) is 0 Å². The average molecular weight is 298 g/mol. The Morgan fingerprint density at radius 3 is 2.14 bits per heavy atom. The number of aromatic hydroxyl groups is 1. The van der Waals surface area contributed by atoms with Crippen LogP contribution in [0.3, 0.4) is 0 Å². The summed E-state index contributed by atoms with van der Waals surface area (Å²) in [5.41, 5.74) is 2.22. The standard InChI is InChI=1S/C18H18O4/c1-4-22-18(21)15-8-6-5-7-14(15)17(20)13-9-11(2)16(19)12(3)10-13/h5-10,19H,4H2,1-3H3. The SMILES string of the molecule is CCOC(=O)c1ccccc1C(=O)c1cc(C)c(O)c(C)c1. The number of esters is 1. The zero-order valence-electron chi connectivity index (χ0n) is 12.8. The molecule has 1 N–H and O–H groups in total. The molecular formula is C18H18O4. The summed E-state index contributed by atoms with van der Waals surface area (Å²) < 4.78 is 4.99. The molecule has 0 heterocycles. The summed E-state index contributed by atoms with van der Waals surface area (Å²) in [6.45, 7) is 5.43. The molecular weight excluding hydrogens is 280 g/mol. The fourth-order valence-electron chi connectivity index (χ4n) is 2.31. The molecule has 0 unspecified atom stereocenters. The molecule has 0 aliphatic heterocycles. The van der Waals surface area contributed by atoms with Gasteiger partial charge in [0.15, 0.2) is 5.78 Å². The van der Waals surface area contributed by atoms with Crippen LogP contribution < -0.4 is 0 Å². The van der Waals surface area contributed by atoms with Gasteiger partial charge in [0.1, 0.15) is 5.75 Å². The molecule has 2 aromatic carbocycles. The van der Waals surface area contributed by atoms with Crippen LogP contribution in [0.2, 0.25) is 0 Å². The van der Waals surface area contributed by atoms with Crippen LogP contribution >= 0.6 is 0 Å². The topological polar surface area (TPSA) is 63.6 Å². The molecule has 0 spiro atoms. The van der Waals surface area contributed by atoms with Gasteiger partial charge in [-0.15, -0.1) is 0 Å². The third-order valence-corrected chi connectivity index (χ3v) is 3.42. The molecule has 0 aromatic heterocycles. The van der Waals surface area contributed by atoms with Crippen molar-refractivity contribution in [1.29, 1.82) is 0 Å². The molecule has 0 atom stereocenters. The molecule has 114 valence electrons. The zero-order chi connectivity index (χ0) is 16.3. The first-order valence-electron chi connectivity index (χ1n) is 7.06. The Labute approximate surface area is 129 Å². The molecule has 0 aliphatic carbocycles. The Morgan fingerprint density at radius 1 is 1.05 bits per heavy atom. The molecule has 0 fully saturated rings. The van der Waals surface area contributed by atoms with Crippen molar-refractivity contribution in [1.82, 2.24) is 0 Å². The largest absolute Gasteiger partial charge is 0.507 e. The average Bonchev–Trinajstić information content (AvgIpc) is 2.51. The van der Waals surface area contributed by atoms with E-state index in [1.165, 1.54) is 0 Å². The van der Waals surface area contributed by atoms with Gasteiger partial charge in [-0.3, -0.25) is 4.79 Å². The fraction of sp³-hybridized carbons (Fsp3) is 0.222. The molecule has 0 saturated carbocycles. The Balaban J connectivity index is 2.49. The van der Waals surface area contributed by atoms with Gasteiger partial charge in [0.25, 0.3) is 0 Å². The second-order valence-corrected chi connectivity index (χ2v) is 5.05. The highest BCUT2D eigenvalue weighted by Gasteiger charge is 2.19. The van der Waals surface area contributed by atoms with Crippen molar-refractivity contribution in [3.8, 4) is 5.75 Å². The number of hydrogen-bond donors (Lipinski definition) is 1. The first kappa shape index (κ1) is 15.8. The number of carbonyl (C=O) groups is 2. The number of phenolic OH excluding ortho intramolecular Hbond substituents is 1. The van der Waals surface area contributed by atoms with Crippen LogP contribution in [0.1, 0.15) is 44.3 Å². The number of carbonyl (C=O) groups excluding carboxylic acids is 2. The normalized spacial score (nSPS) is 10.3. The van der Waals surface area contributed by atoms with E-state index in [2.05, 4.69) is 0 Å². The molecule has 4 nitrogen and oxygen atoms in total. The van der Waals surface area contributed by atoms with E-state index in [1.807, 2.05) is 0 Å². The Hall–Kier alpha value is -2.62. The van der Waals surface area contributed by atoms with Gasteiger partial charge in [-0.2, -0.15) is 0 Å². The molecule has 4 heteroatoms. The second kappa shape index (κ2) is 6.43. The summed E-state index contributed by atoms with van der Waals surface area (Å²) in [6, 6.07) is 9.81. The van der Waals surface area contributed by atoms with E-state index in [9.17, 15) is 14.7 Å². The molecule has 0 saturated heterocycles. The number of aryl methyl sites for hydroxylation is 2. The summed E-state index contributed by atoms with van der Waals surface area (Å²) in [7, 11) is 0. The van der Waals surface area contributed by atoms with Crippen molar-refractivity contribution in [2.45, 2.75) is 20.8 Å². The lowest BCUT2D eigenvalue weighted by atomic mass is 9.95. The molecule has 0 bridgehead atoms. The van der Waals surface area contributed by atoms with Gasteiger partial charge < -0.3 is 9.84 Å². The van der Waals surface area contributed by atoms with E-state index < -0.39 is 5.97 Å². The van der Waals surface area contributed by atoms with Crippen molar-refractivity contribution in [3.05, 3.63) is 64.2 Å². The number of phenols is 1. The molecule has 0 aliphatic rings. The van der Waals surface area contributed by atoms with Gasteiger partial charge in [-0.05, 0) is 50.1 Å². The quantitative estimate of drug-likeness (QED) is 0.694. The third kappa shape index (κ3) is 3.01. The first-order chi connectivity index (χ1) is 10.5. The highest BCUT2D eigenvalue weighted by Crippen LogP contribution is 2.25. The summed E-state index contributed by atoms with van der Waals surface area (Å²) in [6.07, 6.45) is 0. The monoisotopic (exact) mass is 298 g/mol. The van der Waals surface area contributed by atoms with Gasteiger partial charge in [0.05, 0.1) is 12.2 Å². The minimum Gasteiger partial charge on any atom is -0.507 e. The minimum absolute atomic E-state index is 0.176. The molecule has 2 rings (SSSR count). The van der Waals surface area contributed by atoms with Crippen molar-refractivity contribution in [2.24, 2.45) is 0 Å². The maximum absolute atomic E-state index is 12.7. The van der Waals surface area contributed by atoms with Crippen molar-refractivity contribution in [3.63, 3.8) is 0 Å². The molecule has 2 aromatic rings. The Bertz CT molecular complexity index is 709. The predicted molar refractivity (Wildman–Crippen MR) is 83.4 cm³/mol. The number of ether oxygens (including phenoxy) is 1. The maximum atomic E-state index is 12.7. The highest BCUT2D eigenvalue weighted by atomic mass is 16.5. The first-order valence-corrected chi connectivity index (χ1v) is 7.06. The van der Waals surface area contributed by atoms with Gasteiger partial charge in [0.2, 0.25) is 0 Å². The van der Waals surface area contributed by atoms with Crippen LogP contribution in [-0.4, -0.2) is 23.5 Å². The van der Waals surface area contributed by atoms with Gasteiger partial charge in [-0.1, -0.05) is 18.2 Å². The van der Waals surface area contributed by atoms with Gasteiger partial charge in [0, 0.05) is 11.1 Å². The van der Waals surface area contributed by atoms with Crippen LogP contribution in [-0.2, 0) is 4.74 Å². The van der Waals surface area contributed by atoms with Crippen molar-refractivity contribution >= 4 is 11.8 Å². The van der Waals surface area contributed by atoms with E-state index in [1.54, 1.807) is 57.2 Å². The Kier molecular flexibility index (Phi) is 4.61. The molecule has 22 heavy (non-hydrogen) atoms. The van der Waals surface area contributed by atoms with Crippen molar-refractivity contribution < 1.29 is 19.4 Å². The number of rotatable bonds is 4. The molecule has 0 radical (unpaired) electrons. The lowest BCUT2D eigenvalue weighted by Crippen LogP contribution is -2.12. The van der Waals surface area contributed by atoms with E-state index in [0.29, 0.717) is 22.3 Å². The summed E-state index contributed by atoms with van der Waals surface area (Å²) >= 11 is 0.